The van der Waals surface area contributed by atoms with Gasteiger partial charge in [-0.15, -0.1) is 0 Å². The van der Waals surface area contributed by atoms with Gasteiger partial charge in [0, 0.05) is 20.6 Å². The van der Waals surface area contributed by atoms with Gasteiger partial charge in [0.15, 0.2) is 0 Å². The zero-order valence-corrected chi connectivity index (χ0v) is 10.0. The third-order valence-electron chi connectivity index (χ3n) is 3.58. The monoisotopic (exact) mass is 213 g/mol. The molecular weight excluding hydrogens is 190 g/mol. The molecule has 1 fully saturated rings. The fraction of sp³-hybridized carbons (Fsp3) is 0.909. The van der Waals surface area contributed by atoms with Crippen molar-refractivity contribution >= 4 is 6.03 Å². The molecule has 0 saturated heterocycles. The lowest BCUT2D eigenvalue weighted by Gasteiger charge is -2.43. The summed E-state index contributed by atoms with van der Waals surface area (Å²) in [6, 6.07) is -0.0331. The van der Waals surface area contributed by atoms with Gasteiger partial charge in [0.05, 0.1) is 5.54 Å². The third kappa shape index (κ3) is 2.62. The molecule has 88 valence electrons. The van der Waals surface area contributed by atoms with Gasteiger partial charge in [-0.3, -0.25) is 0 Å². The van der Waals surface area contributed by atoms with Crippen LogP contribution in [-0.2, 0) is 0 Å². The first-order chi connectivity index (χ1) is 7.02. The molecule has 1 saturated carbocycles. The Morgan fingerprint density at radius 2 is 2.20 bits per heavy atom. The van der Waals surface area contributed by atoms with Gasteiger partial charge in [-0.1, -0.05) is 19.8 Å². The molecule has 0 aromatic carbocycles. The first-order valence-corrected chi connectivity index (χ1v) is 5.71. The van der Waals surface area contributed by atoms with Crippen LogP contribution in [0.5, 0.6) is 0 Å². The molecule has 3 N–H and O–H groups in total. The lowest BCUT2D eigenvalue weighted by Crippen LogP contribution is -2.60. The van der Waals surface area contributed by atoms with Crippen LogP contribution in [0.25, 0.3) is 0 Å². The standard InChI is InChI=1S/C11H23N3O/c1-9-6-4-5-7-11(9,8-12)13-10(15)14(2)3/h9H,4-8,12H2,1-3H3,(H,13,15). The van der Waals surface area contributed by atoms with Crippen LogP contribution >= 0.6 is 0 Å². The molecular formula is C11H23N3O. The Hall–Kier alpha value is -0.770. The fourth-order valence-corrected chi connectivity index (χ4v) is 2.28. The van der Waals surface area contributed by atoms with Gasteiger partial charge < -0.3 is 16.0 Å². The Kier molecular flexibility index (Phi) is 3.97. The summed E-state index contributed by atoms with van der Waals surface area (Å²) < 4.78 is 0. The second kappa shape index (κ2) is 4.84. The quantitative estimate of drug-likeness (QED) is 0.723. The van der Waals surface area contributed by atoms with Crippen molar-refractivity contribution in [3.8, 4) is 0 Å². The molecule has 0 aromatic rings. The number of hydrogen-bond donors (Lipinski definition) is 2. The lowest BCUT2D eigenvalue weighted by atomic mass is 9.73. The Balaban J connectivity index is 2.70. The molecule has 0 radical (unpaired) electrons. The van der Waals surface area contributed by atoms with Gasteiger partial charge in [-0.25, -0.2) is 4.79 Å². The van der Waals surface area contributed by atoms with Crippen LogP contribution in [0, 0.1) is 5.92 Å². The first-order valence-electron chi connectivity index (χ1n) is 5.71. The molecule has 0 spiro atoms. The molecule has 0 aliphatic heterocycles. The number of nitrogens with one attached hydrogen (secondary N) is 1. The van der Waals surface area contributed by atoms with E-state index in [0.717, 1.165) is 19.3 Å². The van der Waals surface area contributed by atoms with Crippen molar-refractivity contribution in [1.82, 2.24) is 10.2 Å². The lowest BCUT2D eigenvalue weighted by molar-refractivity contribution is 0.149. The van der Waals surface area contributed by atoms with E-state index in [-0.39, 0.29) is 11.6 Å². The maximum Gasteiger partial charge on any atom is 0.317 e. The second-order valence-corrected chi connectivity index (χ2v) is 4.83. The molecule has 1 aliphatic rings. The smallest absolute Gasteiger partial charge is 0.317 e. The van der Waals surface area contributed by atoms with E-state index in [1.54, 1.807) is 19.0 Å². The summed E-state index contributed by atoms with van der Waals surface area (Å²) in [5.74, 6) is 0.472. The Bertz CT molecular complexity index is 230. The molecule has 2 amide bonds. The molecule has 4 heteroatoms. The minimum atomic E-state index is -0.181. The number of nitrogens with two attached hydrogens (primary N) is 1. The average Bonchev–Trinajstić information content (AvgIpc) is 2.21. The highest BCUT2D eigenvalue weighted by Gasteiger charge is 2.38. The Morgan fingerprint density at radius 3 is 2.67 bits per heavy atom. The van der Waals surface area contributed by atoms with Gasteiger partial charge in [-0.05, 0) is 18.8 Å². The largest absolute Gasteiger partial charge is 0.331 e. The molecule has 0 heterocycles. The van der Waals surface area contributed by atoms with Crippen LogP contribution in [0.1, 0.15) is 32.6 Å². The summed E-state index contributed by atoms with van der Waals surface area (Å²) in [6.07, 6.45) is 4.57. The van der Waals surface area contributed by atoms with E-state index in [2.05, 4.69) is 12.2 Å². The summed E-state index contributed by atoms with van der Waals surface area (Å²) in [5, 5.41) is 3.09. The highest BCUT2D eigenvalue weighted by Crippen LogP contribution is 2.32. The SMILES string of the molecule is CC1CCCCC1(CN)NC(=O)N(C)C. The maximum absolute atomic E-state index is 11.7. The second-order valence-electron chi connectivity index (χ2n) is 4.83. The van der Waals surface area contributed by atoms with E-state index < -0.39 is 0 Å². The van der Waals surface area contributed by atoms with E-state index >= 15 is 0 Å². The van der Waals surface area contributed by atoms with Crippen LogP contribution < -0.4 is 11.1 Å². The molecule has 0 bridgehead atoms. The summed E-state index contributed by atoms with van der Waals surface area (Å²) in [6.45, 7) is 2.72. The molecule has 15 heavy (non-hydrogen) atoms. The third-order valence-corrected chi connectivity index (χ3v) is 3.58. The number of carbonyl (C=O) groups is 1. The highest BCUT2D eigenvalue weighted by molar-refractivity contribution is 5.74. The van der Waals surface area contributed by atoms with E-state index in [4.69, 9.17) is 5.73 Å². The number of nitrogens with zero attached hydrogens (tertiary/aromatic N) is 1. The molecule has 2 unspecified atom stereocenters. The number of rotatable bonds is 2. The minimum absolute atomic E-state index is 0.0331. The molecule has 1 aliphatic carbocycles. The predicted octanol–water partition coefficient (Wildman–Crippen LogP) is 1.17. The van der Waals surface area contributed by atoms with Crippen LogP contribution in [0.15, 0.2) is 0 Å². The summed E-state index contributed by atoms with van der Waals surface area (Å²) >= 11 is 0. The maximum atomic E-state index is 11.7. The molecule has 0 aromatic heterocycles. The van der Waals surface area contributed by atoms with E-state index in [9.17, 15) is 4.79 Å². The number of carbonyl (C=O) groups excluding carboxylic acids is 1. The normalized spacial score (nSPS) is 31.1. The van der Waals surface area contributed by atoms with Crippen molar-refractivity contribution in [2.24, 2.45) is 11.7 Å². The van der Waals surface area contributed by atoms with E-state index in [0.29, 0.717) is 12.5 Å². The van der Waals surface area contributed by atoms with Crippen molar-refractivity contribution in [3.05, 3.63) is 0 Å². The zero-order valence-electron chi connectivity index (χ0n) is 10.0. The van der Waals surface area contributed by atoms with Crippen molar-refractivity contribution < 1.29 is 4.79 Å². The first kappa shape index (κ1) is 12.3. The summed E-state index contributed by atoms with van der Waals surface area (Å²) in [7, 11) is 3.51. The highest BCUT2D eigenvalue weighted by atomic mass is 16.2. The van der Waals surface area contributed by atoms with Gasteiger partial charge in [0.1, 0.15) is 0 Å². The van der Waals surface area contributed by atoms with Crippen molar-refractivity contribution in [2.75, 3.05) is 20.6 Å². The fourth-order valence-electron chi connectivity index (χ4n) is 2.28. The van der Waals surface area contributed by atoms with Crippen LogP contribution in [0.3, 0.4) is 0 Å². The minimum Gasteiger partial charge on any atom is -0.331 e. The van der Waals surface area contributed by atoms with Gasteiger partial charge in [-0.2, -0.15) is 0 Å². The predicted molar refractivity (Wildman–Crippen MR) is 61.6 cm³/mol. The Labute approximate surface area is 92.2 Å². The van der Waals surface area contributed by atoms with Crippen LogP contribution in [0.2, 0.25) is 0 Å². The topological polar surface area (TPSA) is 58.4 Å². The van der Waals surface area contributed by atoms with Crippen LogP contribution in [0.4, 0.5) is 4.79 Å². The van der Waals surface area contributed by atoms with Crippen molar-refractivity contribution in [2.45, 2.75) is 38.1 Å². The van der Waals surface area contributed by atoms with Gasteiger partial charge >= 0.3 is 6.03 Å². The summed E-state index contributed by atoms with van der Waals surface area (Å²) in [4.78, 5) is 13.2. The van der Waals surface area contributed by atoms with Crippen LogP contribution in [-0.4, -0.2) is 37.1 Å². The Morgan fingerprint density at radius 1 is 1.53 bits per heavy atom. The molecule has 1 rings (SSSR count). The number of amides is 2. The zero-order chi connectivity index (χ0) is 11.5. The summed E-state index contributed by atoms with van der Waals surface area (Å²) in [5.41, 5.74) is 5.66. The number of hydrogen-bond acceptors (Lipinski definition) is 2. The van der Waals surface area contributed by atoms with E-state index in [1.807, 2.05) is 0 Å². The van der Waals surface area contributed by atoms with E-state index in [1.165, 1.54) is 6.42 Å². The number of urea groups is 1. The van der Waals surface area contributed by atoms with Gasteiger partial charge in [0.2, 0.25) is 0 Å². The average molecular weight is 213 g/mol. The van der Waals surface area contributed by atoms with Crippen molar-refractivity contribution in [1.29, 1.82) is 0 Å². The van der Waals surface area contributed by atoms with Crippen molar-refractivity contribution in [3.63, 3.8) is 0 Å². The molecule has 2 atom stereocenters. The molecule has 4 nitrogen and oxygen atoms in total. The van der Waals surface area contributed by atoms with Gasteiger partial charge in [0.25, 0.3) is 0 Å².